The summed E-state index contributed by atoms with van der Waals surface area (Å²) in [5.41, 5.74) is 6.00. The smallest absolute Gasteiger partial charge is 0.236 e. The quantitative estimate of drug-likeness (QED) is 0.298. The predicted octanol–water partition coefficient (Wildman–Crippen LogP) is 5.02. The zero-order valence-corrected chi connectivity index (χ0v) is 35.1. The van der Waals surface area contributed by atoms with E-state index < -0.39 is 0 Å². The Morgan fingerprint density at radius 3 is 1.59 bits per heavy atom. The van der Waals surface area contributed by atoms with Gasteiger partial charge in [0.05, 0.1) is 28.8 Å². The van der Waals surface area contributed by atoms with Crippen molar-refractivity contribution in [3.8, 4) is 0 Å². The SMILES string of the molecule is CCC(C)N1CCN(C(=O)CN2CCN(c3cccc(C)c3Cc3ccc(Cl)c(Cl)c3N3CCN(CC(=O)N4CCN(C(C)CC)CC4)CC3)CC2)CC1. The highest BCUT2D eigenvalue weighted by Gasteiger charge is 2.30. The Balaban J connectivity index is 1.05. The van der Waals surface area contributed by atoms with Gasteiger partial charge in [-0.05, 0) is 62.4 Å². The molecular formula is C42H64Cl2N8O2. The van der Waals surface area contributed by atoms with Gasteiger partial charge in [-0.25, -0.2) is 0 Å². The van der Waals surface area contributed by atoms with Gasteiger partial charge in [0, 0.05) is 129 Å². The standard InChI is InChI=1S/C42H64Cl2N8O2/c1-6-33(4)47-21-25-50(26-22-47)39(53)30-45-13-17-49(18-14-45)38-10-8-9-32(3)36(38)29-35-11-12-37(43)41(44)42(35)52-19-15-46(16-20-52)31-40(54)51-27-23-48(24-28-51)34(5)7-2/h8-12,33-34H,6-7,13-31H2,1-5H3. The lowest BCUT2D eigenvalue weighted by atomic mass is 9.96. The third-order valence-electron chi connectivity index (χ3n) is 12.8. The third kappa shape index (κ3) is 9.85. The second-order valence-corrected chi connectivity index (χ2v) is 16.8. The van der Waals surface area contributed by atoms with Gasteiger partial charge in [0.1, 0.15) is 0 Å². The summed E-state index contributed by atoms with van der Waals surface area (Å²) in [6.07, 6.45) is 3.03. The summed E-state index contributed by atoms with van der Waals surface area (Å²) in [6.45, 7) is 26.0. The van der Waals surface area contributed by atoms with Crippen LogP contribution in [0.5, 0.6) is 0 Å². The molecule has 2 amide bonds. The molecule has 4 saturated heterocycles. The molecule has 2 aromatic rings. The van der Waals surface area contributed by atoms with Crippen molar-refractivity contribution in [1.29, 1.82) is 0 Å². The summed E-state index contributed by atoms with van der Waals surface area (Å²) in [6, 6.07) is 11.8. The fourth-order valence-electron chi connectivity index (χ4n) is 8.67. The van der Waals surface area contributed by atoms with E-state index in [1.165, 1.54) is 22.4 Å². The Morgan fingerprint density at radius 1 is 0.630 bits per heavy atom. The van der Waals surface area contributed by atoms with Crippen LogP contribution in [0.2, 0.25) is 10.0 Å². The molecular weight excluding hydrogens is 719 g/mol. The highest BCUT2D eigenvalue weighted by molar-refractivity contribution is 6.43. The normalized spacial score (nSPS) is 21.1. The first-order valence-corrected chi connectivity index (χ1v) is 21.3. The highest BCUT2D eigenvalue weighted by Crippen LogP contribution is 2.39. The van der Waals surface area contributed by atoms with Gasteiger partial charge in [-0.1, -0.05) is 55.2 Å². The van der Waals surface area contributed by atoms with Crippen molar-refractivity contribution in [2.75, 3.05) is 128 Å². The van der Waals surface area contributed by atoms with Crippen LogP contribution in [-0.2, 0) is 16.0 Å². The lowest BCUT2D eigenvalue weighted by Gasteiger charge is -2.40. The molecule has 0 bridgehead atoms. The number of anilines is 2. The van der Waals surface area contributed by atoms with Gasteiger partial charge in [0.2, 0.25) is 11.8 Å². The zero-order valence-electron chi connectivity index (χ0n) is 33.5. The maximum atomic E-state index is 13.3. The minimum atomic E-state index is 0.240. The Hall–Kier alpha value is -2.60. The number of rotatable bonds is 12. The van der Waals surface area contributed by atoms with Gasteiger partial charge in [-0.2, -0.15) is 0 Å². The summed E-state index contributed by atoms with van der Waals surface area (Å²) in [4.78, 5) is 45.1. The number of nitrogens with zero attached hydrogens (tertiary/aromatic N) is 8. The van der Waals surface area contributed by atoms with E-state index in [0.29, 0.717) is 35.2 Å². The molecule has 0 aromatic heterocycles. The minimum Gasteiger partial charge on any atom is -0.369 e. The fourth-order valence-corrected chi connectivity index (χ4v) is 9.12. The van der Waals surface area contributed by atoms with E-state index >= 15 is 0 Å². The van der Waals surface area contributed by atoms with Crippen LogP contribution < -0.4 is 9.80 Å². The Bertz CT molecular complexity index is 1560. The van der Waals surface area contributed by atoms with Crippen LogP contribution in [0.25, 0.3) is 0 Å². The fraction of sp³-hybridized carbons (Fsp3) is 0.667. The van der Waals surface area contributed by atoms with Crippen molar-refractivity contribution in [3.05, 3.63) is 57.1 Å². The van der Waals surface area contributed by atoms with E-state index in [9.17, 15) is 9.59 Å². The average molecular weight is 784 g/mol. The number of carbonyl (C=O) groups excluding carboxylic acids is 2. The average Bonchev–Trinajstić information content (AvgIpc) is 3.20. The molecule has 0 radical (unpaired) electrons. The van der Waals surface area contributed by atoms with Crippen molar-refractivity contribution in [2.45, 2.75) is 66.0 Å². The van der Waals surface area contributed by atoms with Gasteiger partial charge in [0.25, 0.3) is 0 Å². The first kappa shape index (κ1) is 41.0. The molecule has 12 heteroatoms. The molecule has 0 aliphatic carbocycles. The van der Waals surface area contributed by atoms with E-state index in [2.05, 4.69) is 93.2 Å². The van der Waals surface area contributed by atoms with E-state index in [-0.39, 0.29) is 11.8 Å². The second-order valence-electron chi connectivity index (χ2n) is 16.0. The molecule has 4 fully saturated rings. The molecule has 4 heterocycles. The molecule has 4 aliphatic rings. The van der Waals surface area contributed by atoms with Crippen LogP contribution in [0.4, 0.5) is 11.4 Å². The molecule has 2 unspecified atom stereocenters. The maximum Gasteiger partial charge on any atom is 0.236 e. The molecule has 10 nitrogen and oxygen atoms in total. The van der Waals surface area contributed by atoms with E-state index in [1.54, 1.807) is 0 Å². The highest BCUT2D eigenvalue weighted by atomic mass is 35.5. The number of benzene rings is 2. The summed E-state index contributed by atoms with van der Waals surface area (Å²) in [7, 11) is 0. The van der Waals surface area contributed by atoms with Crippen LogP contribution in [0.15, 0.2) is 30.3 Å². The first-order chi connectivity index (χ1) is 26.1. The Kier molecular flexibility index (Phi) is 14.5. The van der Waals surface area contributed by atoms with Crippen LogP contribution in [0, 0.1) is 6.92 Å². The molecule has 54 heavy (non-hydrogen) atoms. The van der Waals surface area contributed by atoms with Gasteiger partial charge in [0.15, 0.2) is 0 Å². The minimum absolute atomic E-state index is 0.240. The van der Waals surface area contributed by atoms with E-state index in [1.807, 2.05) is 11.0 Å². The van der Waals surface area contributed by atoms with Crippen LogP contribution >= 0.6 is 23.2 Å². The lowest BCUT2D eigenvalue weighted by molar-refractivity contribution is -0.135. The molecule has 4 aliphatic heterocycles. The summed E-state index contributed by atoms with van der Waals surface area (Å²) in [5.74, 6) is 0.502. The van der Waals surface area contributed by atoms with Crippen molar-refractivity contribution in [1.82, 2.24) is 29.4 Å². The molecule has 6 rings (SSSR count). The molecule has 0 N–H and O–H groups in total. The zero-order chi connectivity index (χ0) is 38.4. The first-order valence-electron chi connectivity index (χ1n) is 20.6. The number of piperazine rings is 4. The van der Waals surface area contributed by atoms with Crippen molar-refractivity contribution in [2.24, 2.45) is 0 Å². The largest absolute Gasteiger partial charge is 0.369 e. The lowest BCUT2D eigenvalue weighted by Crippen LogP contribution is -2.55. The molecule has 2 atom stereocenters. The predicted molar refractivity (Wildman–Crippen MR) is 224 cm³/mol. The van der Waals surface area contributed by atoms with Gasteiger partial charge >= 0.3 is 0 Å². The molecule has 0 spiro atoms. The molecule has 298 valence electrons. The second kappa shape index (κ2) is 19.0. The van der Waals surface area contributed by atoms with Crippen LogP contribution in [0.1, 0.15) is 57.2 Å². The number of hydrogen-bond acceptors (Lipinski definition) is 8. The number of hydrogen-bond donors (Lipinski definition) is 0. The van der Waals surface area contributed by atoms with E-state index in [4.69, 9.17) is 23.2 Å². The Labute approximate surface area is 334 Å². The number of halogens is 2. The number of amides is 2. The summed E-state index contributed by atoms with van der Waals surface area (Å²) < 4.78 is 0. The van der Waals surface area contributed by atoms with Crippen molar-refractivity contribution >= 4 is 46.4 Å². The number of carbonyl (C=O) groups is 2. The molecule has 0 saturated carbocycles. The maximum absolute atomic E-state index is 13.3. The topological polar surface area (TPSA) is 60.1 Å². The summed E-state index contributed by atoms with van der Waals surface area (Å²) in [5, 5.41) is 1.17. The summed E-state index contributed by atoms with van der Waals surface area (Å²) >= 11 is 13.7. The van der Waals surface area contributed by atoms with E-state index in [0.717, 1.165) is 130 Å². The van der Waals surface area contributed by atoms with Gasteiger partial charge in [-0.3, -0.25) is 29.2 Å². The molecule has 2 aromatic carbocycles. The third-order valence-corrected chi connectivity index (χ3v) is 13.6. The van der Waals surface area contributed by atoms with Gasteiger partial charge < -0.3 is 19.6 Å². The van der Waals surface area contributed by atoms with Crippen molar-refractivity contribution < 1.29 is 9.59 Å². The van der Waals surface area contributed by atoms with Crippen LogP contribution in [-0.4, -0.2) is 171 Å². The Morgan fingerprint density at radius 2 is 1.11 bits per heavy atom. The number of aryl methyl sites for hydroxylation is 1. The van der Waals surface area contributed by atoms with Crippen molar-refractivity contribution in [3.63, 3.8) is 0 Å². The van der Waals surface area contributed by atoms with Gasteiger partial charge in [-0.15, -0.1) is 0 Å². The monoisotopic (exact) mass is 782 g/mol. The van der Waals surface area contributed by atoms with Crippen LogP contribution in [0.3, 0.4) is 0 Å².